The second kappa shape index (κ2) is 8.35. The molecule has 0 unspecified atom stereocenters. The minimum Gasteiger partial charge on any atom is -0.350 e. The summed E-state index contributed by atoms with van der Waals surface area (Å²) in [6.07, 6.45) is 0. The first kappa shape index (κ1) is 19.8. The van der Waals surface area contributed by atoms with Gasteiger partial charge in [-0.2, -0.15) is 0 Å². The van der Waals surface area contributed by atoms with E-state index in [4.69, 9.17) is 0 Å². The van der Waals surface area contributed by atoms with Crippen molar-refractivity contribution in [3.8, 4) is 0 Å². The van der Waals surface area contributed by atoms with E-state index >= 15 is 0 Å². The third kappa shape index (κ3) is 4.84. The van der Waals surface area contributed by atoms with Gasteiger partial charge in [-0.05, 0) is 42.5 Å². The van der Waals surface area contributed by atoms with Gasteiger partial charge in [-0.15, -0.1) is 0 Å². The quantitative estimate of drug-likeness (QED) is 0.406. The molecule has 0 fully saturated rings. The number of benzene rings is 3. The van der Waals surface area contributed by atoms with E-state index < -0.39 is 20.5 Å². The van der Waals surface area contributed by atoms with Crippen LogP contribution in [0.1, 0.15) is 0 Å². The summed E-state index contributed by atoms with van der Waals surface area (Å²) in [7, 11) is 0. The van der Waals surface area contributed by atoms with Crippen molar-refractivity contribution in [2.45, 2.75) is 9.79 Å². The molecule has 3 aromatic carbocycles. The van der Waals surface area contributed by atoms with E-state index in [1.807, 2.05) is 0 Å². The van der Waals surface area contributed by atoms with E-state index in [0.29, 0.717) is 5.69 Å². The van der Waals surface area contributed by atoms with Crippen molar-refractivity contribution in [1.82, 2.24) is 0 Å². The van der Waals surface area contributed by atoms with E-state index in [1.54, 1.807) is 36.4 Å². The van der Waals surface area contributed by atoms with Crippen LogP contribution in [0.25, 0.3) is 0 Å². The Balaban J connectivity index is 1.74. The lowest BCUT2D eigenvalue weighted by atomic mass is 10.2. The normalized spacial score (nSPS) is 10.3. The number of nitro groups is 3. The molecule has 0 atom stereocenters. The Labute approximate surface area is 167 Å². The van der Waals surface area contributed by atoms with Crippen molar-refractivity contribution < 1.29 is 14.8 Å². The van der Waals surface area contributed by atoms with Crippen LogP contribution >= 0.6 is 11.8 Å². The van der Waals surface area contributed by atoms with Gasteiger partial charge in [0.25, 0.3) is 17.1 Å². The van der Waals surface area contributed by atoms with Crippen molar-refractivity contribution in [1.29, 1.82) is 0 Å². The first-order valence-electron chi connectivity index (χ1n) is 8.06. The average Bonchev–Trinajstić information content (AvgIpc) is 2.70. The molecule has 0 aromatic heterocycles. The molecule has 0 aliphatic heterocycles. The standard InChI is InChI=1S/C18H12N4O6S/c23-20(24)13-3-8-16(9-4-13)29-15-6-1-12(2-7-15)19-17-10-5-14(21(25)26)11-18(17)22(27)28/h1-11,19H. The summed E-state index contributed by atoms with van der Waals surface area (Å²) in [6.45, 7) is 0. The molecular formula is C18H12N4O6S. The first-order valence-corrected chi connectivity index (χ1v) is 8.87. The largest absolute Gasteiger partial charge is 0.350 e. The Morgan fingerprint density at radius 2 is 1.17 bits per heavy atom. The van der Waals surface area contributed by atoms with E-state index in [1.165, 1.54) is 36.0 Å². The van der Waals surface area contributed by atoms with Crippen LogP contribution < -0.4 is 5.32 Å². The molecule has 0 aliphatic rings. The Kier molecular flexibility index (Phi) is 5.69. The molecule has 0 amide bonds. The summed E-state index contributed by atoms with van der Waals surface area (Å²) in [5, 5.41) is 35.6. The lowest BCUT2D eigenvalue weighted by Gasteiger charge is -2.08. The van der Waals surface area contributed by atoms with Gasteiger partial charge < -0.3 is 5.32 Å². The second-order valence-corrected chi connectivity index (χ2v) is 6.87. The topological polar surface area (TPSA) is 141 Å². The highest BCUT2D eigenvalue weighted by Crippen LogP contribution is 2.33. The number of hydrogen-bond donors (Lipinski definition) is 1. The Bertz CT molecular complexity index is 1090. The number of anilines is 2. The fraction of sp³-hybridized carbons (Fsp3) is 0. The van der Waals surface area contributed by atoms with Gasteiger partial charge in [0.15, 0.2) is 0 Å². The molecule has 0 spiro atoms. The molecule has 0 heterocycles. The van der Waals surface area contributed by atoms with E-state index in [-0.39, 0.29) is 17.1 Å². The van der Waals surface area contributed by atoms with Gasteiger partial charge in [0.2, 0.25) is 0 Å². The predicted molar refractivity (Wildman–Crippen MR) is 107 cm³/mol. The second-order valence-electron chi connectivity index (χ2n) is 5.72. The van der Waals surface area contributed by atoms with Gasteiger partial charge in [0.05, 0.1) is 20.8 Å². The molecule has 11 heteroatoms. The number of non-ortho nitro benzene ring substituents is 2. The van der Waals surface area contributed by atoms with Crippen molar-refractivity contribution in [2.75, 3.05) is 5.32 Å². The molecule has 3 aromatic rings. The maximum Gasteiger partial charge on any atom is 0.299 e. The highest BCUT2D eigenvalue weighted by Gasteiger charge is 2.19. The van der Waals surface area contributed by atoms with E-state index in [0.717, 1.165) is 15.9 Å². The SMILES string of the molecule is O=[N+]([O-])c1ccc(Sc2ccc(Nc3ccc([N+](=O)[O-])cc3[N+](=O)[O-])cc2)cc1. The minimum absolute atomic E-state index is 0.0126. The first-order chi connectivity index (χ1) is 13.8. The van der Waals surface area contributed by atoms with Gasteiger partial charge >= 0.3 is 0 Å². The smallest absolute Gasteiger partial charge is 0.299 e. The van der Waals surface area contributed by atoms with Crippen molar-refractivity contribution in [3.05, 3.63) is 97.1 Å². The zero-order chi connectivity index (χ0) is 21.0. The van der Waals surface area contributed by atoms with Gasteiger partial charge in [0, 0.05) is 33.7 Å². The number of rotatable bonds is 7. The number of nitro benzene ring substituents is 3. The highest BCUT2D eigenvalue weighted by molar-refractivity contribution is 7.99. The van der Waals surface area contributed by atoms with Crippen LogP contribution in [-0.2, 0) is 0 Å². The summed E-state index contributed by atoms with van der Waals surface area (Å²) >= 11 is 1.40. The molecular weight excluding hydrogens is 400 g/mol. The molecule has 0 aliphatic carbocycles. The lowest BCUT2D eigenvalue weighted by Crippen LogP contribution is -1.98. The van der Waals surface area contributed by atoms with Gasteiger partial charge in [-0.1, -0.05) is 11.8 Å². The Morgan fingerprint density at radius 3 is 1.69 bits per heavy atom. The molecule has 3 rings (SSSR count). The van der Waals surface area contributed by atoms with Crippen LogP contribution in [0, 0.1) is 30.3 Å². The summed E-state index contributed by atoms with van der Waals surface area (Å²) in [6, 6.07) is 16.5. The average molecular weight is 412 g/mol. The number of nitrogens with zero attached hydrogens (tertiary/aromatic N) is 3. The molecule has 0 radical (unpaired) electrons. The summed E-state index contributed by atoms with van der Waals surface area (Å²) in [4.78, 5) is 32.6. The van der Waals surface area contributed by atoms with Crippen LogP contribution in [0.4, 0.5) is 28.4 Å². The lowest BCUT2D eigenvalue weighted by molar-refractivity contribution is -0.393. The molecule has 0 saturated heterocycles. The zero-order valence-electron chi connectivity index (χ0n) is 14.6. The van der Waals surface area contributed by atoms with Gasteiger partial charge in [-0.25, -0.2) is 0 Å². The van der Waals surface area contributed by atoms with Crippen molar-refractivity contribution in [3.63, 3.8) is 0 Å². The van der Waals surface area contributed by atoms with Gasteiger partial charge in [-0.3, -0.25) is 30.3 Å². The fourth-order valence-electron chi connectivity index (χ4n) is 2.42. The van der Waals surface area contributed by atoms with E-state index in [2.05, 4.69) is 5.32 Å². The predicted octanol–water partition coefficient (Wildman–Crippen LogP) is 5.31. The van der Waals surface area contributed by atoms with Crippen LogP contribution in [0.3, 0.4) is 0 Å². The monoisotopic (exact) mass is 412 g/mol. The third-order valence-electron chi connectivity index (χ3n) is 3.81. The summed E-state index contributed by atoms with van der Waals surface area (Å²) < 4.78 is 0. The van der Waals surface area contributed by atoms with Crippen molar-refractivity contribution >= 4 is 40.2 Å². The number of nitrogens with one attached hydrogen (secondary N) is 1. The molecule has 0 bridgehead atoms. The van der Waals surface area contributed by atoms with Crippen LogP contribution in [0.15, 0.2) is 76.5 Å². The zero-order valence-corrected chi connectivity index (χ0v) is 15.4. The molecule has 29 heavy (non-hydrogen) atoms. The summed E-state index contributed by atoms with van der Waals surface area (Å²) in [5.41, 5.74) is -0.0504. The minimum atomic E-state index is -0.693. The maximum atomic E-state index is 11.2. The third-order valence-corrected chi connectivity index (χ3v) is 4.82. The van der Waals surface area contributed by atoms with E-state index in [9.17, 15) is 30.3 Å². The van der Waals surface area contributed by atoms with Crippen molar-refractivity contribution in [2.24, 2.45) is 0 Å². The Hall–Kier alpha value is -3.99. The maximum absolute atomic E-state index is 11.2. The fourth-order valence-corrected chi connectivity index (χ4v) is 3.24. The van der Waals surface area contributed by atoms with Gasteiger partial charge in [0.1, 0.15) is 5.69 Å². The Morgan fingerprint density at radius 1 is 0.655 bits per heavy atom. The molecule has 146 valence electrons. The van der Waals surface area contributed by atoms with Crippen LogP contribution in [0.2, 0.25) is 0 Å². The van der Waals surface area contributed by atoms with Crippen LogP contribution in [0.5, 0.6) is 0 Å². The molecule has 1 N–H and O–H groups in total. The number of hydrogen-bond acceptors (Lipinski definition) is 8. The summed E-state index contributed by atoms with van der Waals surface area (Å²) in [5.74, 6) is 0. The molecule has 10 nitrogen and oxygen atoms in total. The molecule has 0 saturated carbocycles. The highest BCUT2D eigenvalue weighted by atomic mass is 32.2. The van der Waals surface area contributed by atoms with Crippen LogP contribution in [-0.4, -0.2) is 14.8 Å².